The summed E-state index contributed by atoms with van der Waals surface area (Å²) in [4.78, 5) is 13.9. The summed E-state index contributed by atoms with van der Waals surface area (Å²) in [5, 5.41) is 3.38. The Morgan fingerprint density at radius 2 is 2.05 bits per heavy atom. The van der Waals surface area contributed by atoms with Crippen molar-refractivity contribution in [1.82, 2.24) is 10.2 Å². The molecule has 3 aliphatic rings. The smallest absolute Gasteiger partial charge is 0.248 e. The van der Waals surface area contributed by atoms with Gasteiger partial charge in [-0.3, -0.25) is 4.79 Å². The normalized spacial score (nSPS) is 29.8. The minimum Gasteiger partial charge on any atom is -0.375 e. The minimum absolute atomic E-state index is 0.00482. The van der Waals surface area contributed by atoms with Crippen LogP contribution in [-0.2, 0) is 14.3 Å². The van der Waals surface area contributed by atoms with Gasteiger partial charge in [-0.25, -0.2) is 0 Å². The number of hydrogen-bond acceptors (Lipinski definition) is 4. The van der Waals surface area contributed by atoms with Gasteiger partial charge in [0, 0.05) is 26.1 Å². The summed E-state index contributed by atoms with van der Waals surface area (Å²) in [6.07, 6.45) is 6.45. The van der Waals surface area contributed by atoms with Gasteiger partial charge >= 0.3 is 0 Å². The molecule has 0 aromatic rings. The van der Waals surface area contributed by atoms with Crippen LogP contribution < -0.4 is 5.32 Å². The number of carbonyl (C=O) groups is 1. The zero-order valence-electron chi connectivity index (χ0n) is 12.2. The molecule has 3 saturated heterocycles. The van der Waals surface area contributed by atoms with Crippen LogP contribution in [0.2, 0.25) is 0 Å². The highest BCUT2D eigenvalue weighted by Crippen LogP contribution is 2.34. The van der Waals surface area contributed by atoms with E-state index in [1.165, 1.54) is 0 Å². The van der Waals surface area contributed by atoms with E-state index in [9.17, 15) is 4.79 Å². The number of nitrogens with one attached hydrogen (secondary N) is 1. The summed E-state index contributed by atoms with van der Waals surface area (Å²) in [6.45, 7) is 4.89. The van der Waals surface area contributed by atoms with E-state index in [0.717, 1.165) is 71.3 Å². The van der Waals surface area contributed by atoms with Crippen molar-refractivity contribution in [3.63, 3.8) is 0 Å². The van der Waals surface area contributed by atoms with Crippen LogP contribution in [0.25, 0.3) is 0 Å². The fourth-order valence-electron chi connectivity index (χ4n) is 3.60. The third-order valence-electron chi connectivity index (χ3n) is 4.86. The number of ether oxygens (including phenoxy) is 2. The van der Waals surface area contributed by atoms with Gasteiger partial charge < -0.3 is 19.7 Å². The van der Waals surface area contributed by atoms with Crippen molar-refractivity contribution in [3.8, 4) is 0 Å². The summed E-state index contributed by atoms with van der Waals surface area (Å²) < 4.78 is 11.9. The number of nitrogens with zero attached hydrogens (tertiary/aromatic N) is 1. The maximum absolute atomic E-state index is 12.0. The average Bonchev–Trinajstić information content (AvgIpc) is 3.00. The maximum Gasteiger partial charge on any atom is 0.248 e. The monoisotopic (exact) mass is 282 g/mol. The fraction of sp³-hybridized carbons (Fsp3) is 0.933. The summed E-state index contributed by atoms with van der Waals surface area (Å²) in [5.74, 6) is 0.161. The van der Waals surface area contributed by atoms with Crippen LogP contribution in [0.1, 0.15) is 38.5 Å². The van der Waals surface area contributed by atoms with E-state index in [1.807, 2.05) is 4.90 Å². The maximum atomic E-state index is 12.0. The lowest BCUT2D eigenvalue weighted by molar-refractivity contribution is -0.157. The van der Waals surface area contributed by atoms with Crippen molar-refractivity contribution in [2.45, 2.75) is 50.2 Å². The number of likely N-dealkylation sites (tertiary alicyclic amines) is 1. The Hall–Kier alpha value is -0.650. The van der Waals surface area contributed by atoms with Gasteiger partial charge in [-0.1, -0.05) is 0 Å². The van der Waals surface area contributed by atoms with Crippen LogP contribution >= 0.6 is 0 Å². The molecule has 0 aliphatic carbocycles. The molecule has 0 aromatic heterocycles. The van der Waals surface area contributed by atoms with E-state index in [1.54, 1.807) is 0 Å². The van der Waals surface area contributed by atoms with Crippen LogP contribution in [0, 0.1) is 0 Å². The molecule has 1 amide bonds. The molecule has 1 spiro atoms. The van der Waals surface area contributed by atoms with Crippen LogP contribution in [0.5, 0.6) is 0 Å². The largest absolute Gasteiger partial charge is 0.375 e. The summed E-state index contributed by atoms with van der Waals surface area (Å²) in [5.41, 5.74) is 0.00482. The van der Waals surface area contributed by atoms with Crippen LogP contribution in [0.15, 0.2) is 0 Å². The van der Waals surface area contributed by atoms with Crippen molar-refractivity contribution >= 4 is 5.91 Å². The molecule has 5 heteroatoms. The molecule has 0 bridgehead atoms. The van der Waals surface area contributed by atoms with Gasteiger partial charge in [0.15, 0.2) is 0 Å². The lowest BCUT2D eigenvalue weighted by Crippen LogP contribution is -2.50. The lowest BCUT2D eigenvalue weighted by atomic mass is 9.84. The summed E-state index contributed by atoms with van der Waals surface area (Å²) >= 11 is 0. The first-order valence-electron chi connectivity index (χ1n) is 8.02. The molecule has 3 heterocycles. The van der Waals surface area contributed by atoms with Crippen LogP contribution in [0.4, 0.5) is 0 Å². The second-order valence-corrected chi connectivity index (χ2v) is 6.30. The van der Waals surface area contributed by atoms with Gasteiger partial charge in [-0.2, -0.15) is 0 Å². The molecule has 1 unspecified atom stereocenters. The molecule has 114 valence electrons. The number of hydrogen-bond donors (Lipinski definition) is 1. The predicted molar refractivity (Wildman–Crippen MR) is 75.6 cm³/mol. The fourth-order valence-corrected chi connectivity index (χ4v) is 3.60. The Balaban J connectivity index is 1.46. The van der Waals surface area contributed by atoms with E-state index in [-0.39, 0.29) is 24.2 Å². The van der Waals surface area contributed by atoms with Gasteiger partial charge in [0.2, 0.25) is 5.91 Å². The first-order valence-corrected chi connectivity index (χ1v) is 8.02. The molecule has 3 aliphatic heterocycles. The standard InChI is InChI=1S/C15H26N2O3/c18-14(17-8-1-2-9-17)12-19-13-3-10-20-15(11-13)4-6-16-7-5-15/h13,16H,1-12H2. The Morgan fingerprint density at radius 1 is 1.30 bits per heavy atom. The summed E-state index contributed by atoms with van der Waals surface area (Å²) in [7, 11) is 0. The molecule has 20 heavy (non-hydrogen) atoms. The van der Waals surface area contributed by atoms with Gasteiger partial charge in [0.25, 0.3) is 0 Å². The number of amides is 1. The second kappa shape index (κ2) is 6.41. The highest BCUT2D eigenvalue weighted by Gasteiger charge is 2.39. The molecule has 5 nitrogen and oxygen atoms in total. The molecule has 3 fully saturated rings. The third-order valence-corrected chi connectivity index (χ3v) is 4.86. The highest BCUT2D eigenvalue weighted by molar-refractivity contribution is 5.77. The highest BCUT2D eigenvalue weighted by atomic mass is 16.5. The molecular formula is C15H26N2O3. The van der Waals surface area contributed by atoms with Gasteiger partial charge in [0.05, 0.1) is 11.7 Å². The lowest BCUT2D eigenvalue weighted by Gasteiger charge is -2.43. The van der Waals surface area contributed by atoms with E-state index in [0.29, 0.717) is 0 Å². The molecule has 0 saturated carbocycles. The average molecular weight is 282 g/mol. The van der Waals surface area contributed by atoms with E-state index >= 15 is 0 Å². The van der Waals surface area contributed by atoms with Crippen LogP contribution in [-0.4, -0.2) is 61.9 Å². The molecule has 3 rings (SSSR count). The first kappa shape index (κ1) is 14.3. The van der Waals surface area contributed by atoms with Gasteiger partial charge in [-0.05, 0) is 45.2 Å². The molecule has 1 atom stereocenters. The van der Waals surface area contributed by atoms with E-state index in [4.69, 9.17) is 9.47 Å². The van der Waals surface area contributed by atoms with E-state index < -0.39 is 0 Å². The zero-order chi connectivity index (χ0) is 13.8. The second-order valence-electron chi connectivity index (χ2n) is 6.30. The van der Waals surface area contributed by atoms with Crippen molar-refractivity contribution < 1.29 is 14.3 Å². The summed E-state index contributed by atoms with van der Waals surface area (Å²) in [6, 6.07) is 0. The molecule has 0 radical (unpaired) electrons. The Bertz CT molecular complexity index is 331. The SMILES string of the molecule is O=C(COC1CCOC2(CCNCC2)C1)N1CCCC1. The zero-order valence-corrected chi connectivity index (χ0v) is 12.2. The number of piperidine rings is 1. The Morgan fingerprint density at radius 3 is 2.80 bits per heavy atom. The Labute approximate surface area is 121 Å². The number of rotatable bonds is 3. The molecule has 1 N–H and O–H groups in total. The minimum atomic E-state index is 0.00482. The van der Waals surface area contributed by atoms with Crippen molar-refractivity contribution in [3.05, 3.63) is 0 Å². The van der Waals surface area contributed by atoms with Gasteiger partial charge in [-0.15, -0.1) is 0 Å². The predicted octanol–water partition coefficient (Wildman–Crippen LogP) is 0.927. The van der Waals surface area contributed by atoms with Crippen molar-refractivity contribution in [2.75, 3.05) is 39.4 Å². The first-order chi connectivity index (χ1) is 9.77. The van der Waals surface area contributed by atoms with Crippen molar-refractivity contribution in [2.24, 2.45) is 0 Å². The topological polar surface area (TPSA) is 50.8 Å². The Kier molecular flexibility index (Phi) is 4.58. The van der Waals surface area contributed by atoms with E-state index in [2.05, 4.69) is 5.32 Å². The van der Waals surface area contributed by atoms with Gasteiger partial charge in [0.1, 0.15) is 6.61 Å². The van der Waals surface area contributed by atoms with Crippen molar-refractivity contribution in [1.29, 1.82) is 0 Å². The quantitative estimate of drug-likeness (QED) is 0.836. The molecular weight excluding hydrogens is 256 g/mol. The number of carbonyl (C=O) groups excluding carboxylic acids is 1. The molecule has 0 aromatic carbocycles. The van der Waals surface area contributed by atoms with Crippen LogP contribution in [0.3, 0.4) is 0 Å². The third kappa shape index (κ3) is 3.32.